The predicted molar refractivity (Wildman–Crippen MR) is 118 cm³/mol. The Morgan fingerprint density at radius 2 is 1.20 bits per heavy atom. The molecular formula is C22H44N2O6. The number of nitrogens with two attached hydrogens (primary N) is 1. The highest BCUT2D eigenvalue weighted by Gasteiger charge is 2.22. The fourth-order valence-corrected chi connectivity index (χ4v) is 2.94. The van der Waals surface area contributed by atoms with E-state index in [-0.39, 0.29) is 18.9 Å². The summed E-state index contributed by atoms with van der Waals surface area (Å²) in [6.07, 6.45) is 15.5. The van der Waals surface area contributed by atoms with E-state index in [0.29, 0.717) is 13.0 Å². The maximum Gasteiger partial charge on any atom is 0.326 e. The minimum atomic E-state index is -1.35. The molecule has 8 heteroatoms. The van der Waals surface area contributed by atoms with Gasteiger partial charge in [-0.25, -0.2) is 4.79 Å². The second kappa shape index (κ2) is 23.6. The zero-order valence-electron chi connectivity index (χ0n) is 18.7. The van der Waals surface area contributed by atoms with Gasteiger partial charge in [-0.3, -0.25) is 9.59 Å². The molecule has 30 heavy (non-hydrogen) atoms. The van der Waals surface area contributed by atoms with Gasteiger partial charge in [-0.05, 0) is 6.42 Å². The van der Waals surface area contributed by atoms with E-state index in [1.165, 1.54) is 64.2 Å². The lowest BCUT2D eigenvalue weighted by Gasteiger charge is -2.12. The number of rotatable bonds is 19. The standard InChI is InChI=1S/C20H37NO5.C2H7NO/c1-2-3-4-5-6-7-8-9-10-11-12-13-14-15-18(22)21-17(20(25)26)16-19(23)24;3-1-2-4/h17H,2-16H2,1H3,(H,21,22)(H,23,24)(H,25,26);4H,1-3H2. The van der Waals surface area contributed by atoms with Crippen LogP contribution in [0.4, 0.5) is 0 Å². The lowest BCUT2D eigenvalue weighted by Crippen LogP contribution is -2.42. The van der Waals surface area contributed by atoms with Gasteiger partial charge in [0, 0.05) is 13.0 Å². The van der Waals surface area contributed by atoms with E-state index in [0.717, 1.165) is 12.8 Å². The summed E-state index contributed by atoms with van der Waals surface area (Å²) in [6.45, 7) is 2.71. The molecule has 0 heterocycles. The third-order valence-electron chi connectivity index (χ3n) is 4.65. The molecule has 0 aromatic carbocycles. The van der Waals surface area contributed by atoms with Crippen LogP contribution >= 0.6 is 0 Å². The molecule has 1 amide bonds. The number of carbonyl (C=O) groups excluding carboxylic acids is 1. The van der Waals surface area contributed by atoms with Crippen molar-refractivity contribution in [2.24, 2.45) is 5.73 Å². The zero-order valence-corrected chi connectivity index (χ0v) is 18.7. The molecule has 8 nitrogen and oxygen atoms in total. The number of aliphatic hydroxyl groups excluding tert-OH is 1. The summed E-state index contributed by atoms with van der Waals surface area (Å²) in [5.41, 5.74) is 4.78. The van der Waals surface area contributed by atoms with Crippen LogP contribution in [0.15, 0.2) is 0 Å². The number of unbranched alkanes of at least 4 members (excludes halogenated alkanes) is 12. The summed E-state index contributed by atoms with van der Waals surface area (Å²) in [7, 11) is 0. The molecule has 6 N–H and O–H groups in total. The number of aliphatic carboxylic acids is 2. The number of carbonyl (C=O) groups is 3. The maximum absolute atomic E-state index is 11.7. The van der Waals surface area contributed by atoms with Gasteiger partial charge in [-0.1, -0.05) is 84.0 Å². The van der Waals surface area contributed by atoms with Crippen LogP contribution in [-0.4, -0.2) is 52.4 Å². The van der Waals surface area contributed by atoms with E-state index in [4.69, 9.17) is 21.1 Å². The van der Waals surface area contributed by atoms with Crippen molar-refractivity contribution in [3.8, 4) is 0 Å². The van der Waals surface area contributed by atoms with Crippen molar-refractivity contribution in [2.45, 2.75) is 109 Å². The topological polar surface area (TPSA) is 150 Å². The number of hydrogen-bond acceptors (Lipinski definition) is 5. The highest BCUT2D eigenvalue weighted by Crippen LogP contribution is 2.13. The summed E-state index contributed by atoms with van der Waals surface area (Å²) in [6, 6.07) is -1.35. The van der Waals surface area contributed by atoms with Gasteiger partial charge < -0.3 is 26.4 Å². The quantitative estimate of drug-likeness (QED) is 0.196. The first-order valence-electron chi connectivity index (χ1n) is 11.4. The normalized spacial score (nSPS) is 11.3. The molecule has 0 aliphatic rings. The van der Waals surface area contributed by atoms with Crippen molar-refractivity contribution < 1.29 is 29.7 Å². The summed E-state index contributed by atoms with van der Waals surface area (Å²) in [4.78, 5) is 33.1. The molecule has 0 spiro atoms. The monoisotopic (exact) mass is 432 g/mol. The molecule has 1 atom stereocenters. The van der Waals surface area contributed by atoms with Gasteiger partial charge in [0.1, 0.15) is 6.04 Å². The number of carboxylic acid groups (broad SMARTS) is 2. The third-order valence-corrected chi connectivity index (χ3v) is 4.65. The molecule has 0 aliphatic carbocycles. The minimum absolute atomic E-state index is 0.0972. The van der Waals surface area contributed by atoms with Crippen LogP contribution in [0.25, 0.3) is 0 Å². The van der Waals surface area contributed by atoms with Gasteiger partial charge >= 0.3 is 11.9 Å². The van der Waals surface area contributed by atoms with Crippen LogP contribution in [-0.2, 0) is 14.4 Å². The van der Waals surface area contributed by atoms with Crippen molar-refractivity contribution in [1.82, 2.24) is 5.32 Å². The second-order valence-corrected chi connectivity index (χ2v) is 7.56. The second-order valence-electron chi connectivity index (χ2n) is 7.56. The molecule has 0 aromatic heterocycles. The Hall–Kier alpha value is -1.67. The summed E-state index contributed by atoms with van der Waals surface area (Å²) in [5.74, 6) is -2.94. The highest BCUT2D eigenvalue weighted by atomic mass is 16.4. The molecule has 0 rings (SSSR count). The molecule has 0 bridgehead atoms. The number of carboxylic acids is 2. The highest BCUT2D eigenvalue weighted by molar-refractivity contribution is 5.86. The molecule has 1 unspecified atom stereocenters. The van der Waals surface area contributed by atoms with E-state index in [9.17, 15) is 14.4 Å². The largest absolute Gasteiger partial charge is 0.481 e. The average molecular weight is 433 g/mol. The Morgan fingerprint density at radius 3 is 1.53 bits per heavy atom. The van der Waals surface area contributed by atoms with Crippen molar-refractivity contribution in [3.05, 3.63) is 0 Å². The molecule has 0 radical (unpaired) electrons. The lowest BCUT2D eigenvalue weighted by molar-refractivity contribution is -0.147. The fourth-order valence-electron chi connectivity index (χ4n) is 2.94. The average Bonchev–Trinajstić information content (AvgIpc) is 2.70. The van der Waals surface area contributed by atoms with Crippen molar-refractivity contribution in [2.75, 3.05) is 13.2 Å². The summed E-state index contributed by atoms with van der Waals surface area (Å²) < 4.78 is 0. The molecular weight excluding hydrogens is 388 g/mol. The summed E-state index contributed by atoms with van der Waals surface area (Å²) >= 11 is 0. The lowest BCUT2D eigenvalue weighted by atomic mass is 10.0. The first kappa shape index (κ1) is 30.5. The smallest absolute Gasteiger partial charge is 0.326 e. The number of hydrogen-bond donors (Lipinski definition) is 5. The minimum Gasteiger partial charge on any atom is -0.481 e. The Morgan fingerprint density at radius 1 is 0.800 bits per heavy atom. The van der Waals surface area contributed by atoms with Crippen LogP contribution in [0.5, 0.6) is 0 Å². The van der Waals surface area contributed by atoms with Crippen LogP contribution < -0.4 is 11.1 Å². The van der Waals surface area contributed by atoms with Crippen LogP contribution in [0.2, 0.25) is 0 Å². The van der Waals surface area contributed by atoms with Crippen LogP contribution in [0.1, 0.15) is 103 Å². The van der Waals surface area contributed by atoms with Gasteiger partial charge in [-0.15, -0.1) is 0 Å². The maximum atomic E-state index is 11.7. The SMILES string of the molecule is CCCCCCCCCCCCCCCC(=O)NC(CC(=O)O)C(=O)O.NCCO. The number of aliphatic hydroxyl groups is 1. The molecule has 0 aliphatic heterocycles. The molecule has 0 saturated carbocycles. The Bertz CT molecular complexity index is 430. The van der Waals surface area contributed by atoms with Gasteiger partial charge in [0.05, 0.1) is 13.0 Å². The predicted octanol–water partition coefficient (Wildman–Crippen LogP) is 3.45. The first-order valence-corrected chi connectivity index (χ1v) is 11.4. The fraction of sp³-hybridized carbons (Fsp3) is 0.864. The van der Waals surface area contributed by atoms with E-state index >= 15 is 0 Å². The van der Waals surface area contributed by atoms with Crippen LogP contribution in [0, 0.1) is 0 Å². The van der Waals surface area contributed by atoms with Crippen molar-refractivity contribution in [1.29, 1.82) is 0 Å². The molecule has 0 saturated heterocycles. The van der Waals surface area contributed by atoms with Gasteiger partial charge in [0.25, 0.3) is 0 Å². The number of amides is 1. The van der Waals surface area contributed by atoms with Crippen molar-refractivity contribution in [3.63, 3.8) is 0 Å². The van der Waals surface area contributed by atoms with Gasteiger partial charge in [-0.2, -0.15) is 0 Å². The molecule has 0 aromatic rings. The molecule has 178 valence electrons. The number of nitrogens with one attached hydrogen (secondary N) is 1. The first-order chi connectivity index (χ1) is 14.4. The van der Waals surface area contributed by atoms with Crippen LogP contribution in [0.3, 0.4) is 0 Å². The van der Waals surface area contributed by atoms with E-state index in [1.54, 1.807) is 0 Å². The van der Waals surface area contributed by atoms with E-state index in [2.05, 4.69) is 12.2 Å². The Kier molecular flexibility index (Phi) is 24.0. The Labute approximate surface area is 181 Å². The summed E-state index contributed by atoms with van der Waals surface area (Å²) in [5, 5.41) is 27.5. The van der Waals surface area contributed by atoms with E-state index in [1.807, 2.05) is 0 Å². The Balaban J connectivity index is 0. The zero-order chi connectivity index (χ0) is 23.0. The molecule has 0 fully saturated rings. The van der Waals surface area contributed by atoms with Gasteiger partial charge in [0.15, 0.2) is 0 Å². The van der Waals surface area contributed by atoms with E-state index < -0.39 is 24.4 Å². The third kappa shape index (κ3) is 24.4. The van der Waals surface area contributed by atoms with Crippen molar-refractivity contribution >= 4 is 17.8 Å². The van der Waals surface area contributed by atoms with Gasteiger partial charge in [0.2, 0.25) is 5.91 Å².